The van der Waals surface area contributed by atoms with Gasteiger partial charge in [-0.25, -0.2) is 4.98 Å². The Balaban J connectivity index is 1.32. The van der Waals surface area contributed by atoms with Crippen LogP contribution in [0.4, 0.5) is 0 Å². The summed E-state index contributed by atoms with van der Waals surface area (Å²) in [6.45, 7) is 0.615. The molecule has 0 aliphatic carbocycles. The third-order valence-electron chi connectivity index (χ3n) is 5.29. The lowest BCUT2D eigenvalue weighted by molar-refractivity contribution is -0.144. The Hall–Kier alpha value is -3.61. The van der Waals surface area contributed by atoms with Crippen LogP contribution in [0.5, 0.6) is 5.75 Å². The first-order valence-electron chi connectivity index (χ1n) is 9.42. The van der Waals surface area contributed by atoms with Crippen molar-refractivity contribution in [2.45, 2.75) is 19.6 Å². The molecule has 0 N–H and O–H groups in total. The first-order valence-corrected chi connectivity index (χ1v) is 9.42. The fourth-order valence-corrected chi connectivity index (χ4v) is 3.75. The summed E-state index contributed by atoms with van der Waals surface area (Å²) in [6, 6.07) is 13.7. The number of aryl methyl sites for hydroxylation is 2. The molecule has 0 saturated carbocycles. The third-order valence-corrected chi connectivity index (χ3v) is 5.29. The maximum atomic E-state index is 12.5. The Kier molecular flexibility index (Phi) is 4.08. The van der Waals surface area contributed by atoms with Crippen LogP contribution in [-0.2, 0) is 43.3 Å². The van der Waals surface area contributed by atoms with Crippen LogP contribution in [0.3, 0.4) is 0 Å². The Morgan fingerprint density at radius 2 is 2.07 bits per heavy atom. The van der Waals surface area contributed by atoms with Crippen LogP contribution in [-0.4, -0.2) is 25.3 Å². The zero-order valence-electron chi connectivity index (χ0n) is 16.3. The summed E-state index contributed by atoms with van der Waals surface area (Å²) in [5.41, 5.74) is 6.43. The molecule has 146 valence electrons. The van der Waals surface area contributed by atoms with Crippen LogP contribution in [0.25, 0.3) is 22.3 Å². The SMILES string of the molecule is Cn1nc2c(c1CC(=O)OCc1ccc3c(c1)ncn3C)COc1ccccc1-2. The van der Waals surface area contributed by atoms with Gasteiger partial charge in [-0.1, -0.05) is 18.2 Å². The lowest BCUT2D eigenvalue weighted by Crippen LogP contribution is -2.14. The maximum Gasteiger partial charge on any atom is 0.312 e. The fourth-order valence-electron chi connectivity index (χ4n) is 3.75. The number of hydrogen-bond acceptors (Lipinski definition) is 5. The molecule has 2 aromatic heterocycles. The highest BCUT2D eigenvalue weighted by Crippen LogP contribution is 2.37. The van der Waals surface area contributed by atoms with Crippen molar-refractivity contribution in [3.05, 3.63) is 65.6 Å². The number of nitrogens with zero attached hydrogens (tertiary/aromatic N) is 4. The molecule has 0 radical (unpaired) electrons. The van der Waals surface area contributed by atoms with Crippen molar-refractivity contribution in [3.63, 3.8) is 0 Å². The van der Waals surface area contributed by atoms with Gasteiger partial charge in [-0.3, -0.25) is 9.48 Å². The van der Waals surface area contributed by atoms with Gasteiger partial charge in [0.05, 0.1) is 29.5 Å². The van der Waals surface area contributed by atoms with Crippen molar-refractivity contribution in [1.29, 1.82) is 0 Å². The summed E-state index contributed by atoms with van der Waals surface area (Å²) in [7, 11) is 3.80. The Morgan fingerprint density at radius 3 is 2.97 bits per heavy atom. The first kappa shape index (κ1) is 17.5. The van der Waals surface area contributed by atoms with Gasteiger partial charge in [-0.05, 0) is 29.8 Å². The first-order chi connectivity index (χ1) is 14.1. The van der Waals surface area contributed by atoms with E-state index in [9.17, 15) is 4.79 Å². The monoisotopic (exact) mass is 388 g/mol. The van der Waals surface area contributed by atoms with E-state index in [0.29, 0.717) is 6.61 Å². The zero-order chi connectivity index (χ0) is 20.0. The molecule has 29 heavy (non-hydrogen) atoms. The van der Waals surface area contributed by atoms with E-state index in [1.165, 1.54) is 0 Å². The van der Waals surface area contributed by atoms with Gasteiger partial charge >= 0.3 is 5.97 Å². The molecule has 2 aromatic carbocycles. The molecule has 0 bridgehead atoms. The Morgan fingerprint density at radius 1 is 1.21 bits per heavy atom. The van der Waals surface area contributed by atoms with Gasteiger partial charge in [-0.15, -0.1) is 0 Å². The number of carbonyl (C=O) groups is 1. The van der Waals surface area contributed by atoms with Crippen LogP contribution in [0, 0.1) is 0 Å². The molecular weight excluding hydrogens is 368 g/mol. The highest BCUT2D eigenvalue weighted by Gasteiger charge is 2.26. The number of ether oxygens (including phenoxy) is 2. The standard InChI is InChI=1S/C22H20N4O3/c1-25-13-23-17-9-14(7-8-18(17)25)11-29-21(27)10-19-16-12-28-20-6-4-3-5-15(20)22(16)24-26(19)2/h3-9,13H,10-12H2,1-2H3. The number of imidazole rings is 1. The molecule has 5 rings (SSSR count). The van der Waals surface area contributed by atoms with Crippen LogP contribution in [0.2, 0.25) is 0 Å². The number of carbonyl (C=O) groups excluding carboxylic acids is 1. The second-order valence-corrected chi connectivity index (χ2v) is 7.20. The molecule has 0 spiro atoms. The summed E-state index contributed by atoms with van der Waals surface area (Å²) in [4.78, 5) is 16.9. The second kappa shape index (κ2) is 6.77. The molecular formula is C22H20N4O3. The predicted molar refractivity (Wildman–Crippen MR) is 107 cm³/mol. The van der Waals surface area contributed by atoms with Gasteiger partial charge in [0.25, 0.3) is 0 Å². The molecule has 4 aromatic rings. The fraction of sp³-hybridized carbons (Fsp3) is 0.227. The molecule has 7 heteroatoms. The minimum atomic E-state index is -0.296. The van der Waals surface area contributed by atoms with E-state index < -0.39 is 0 Å². The summed E-state index contributed by atoms with van der Waals surface area (Å²) in [6.07, 6.45) is 1.92. The van der Waals surface area contributed by atoms with Crippen LogP contribution in [0.1, 0.15) is 16.8 Å². The van der Waals surface area contributed by atoms with Gasteiger partial charge in [0.15, 0.2) is 0 Å². The number of hydrogen-bond donors (Lipinski definition) is 0. The molecule has 1 aliphatic heterocycles. The van der Waals surface area contributed by atoms with Gasteiger partial charge < -0.3 is 14.0 Å². The van der Waals surface area contributed by atoms with Crippen molar-refractivity contribution in [2.24, 2.45) is 14.1 Å². The van der Waals surface area contributed by atoms with Crippen molar-refractivity contribution in [3.8, 4) is 17.0 Å². The lowest BCUT2D eigenvalue weighted by atomic mass is 10.0. The van der Waals surface area contributed by atoms with Crippen molar-refractivity contribution < 1.29 is 14.3 Å². The smallest absolute Gasteiger partial charge is 0.312 e. The molecule has 0 saturated heterocycles. The maximum absolute atomic E-state index is 12.5. The summed E-state index contributed by atoms with van der Waals surface area (Å²) in [5.74, 6) is 0.521. The van der Waals surface area contributed by atoms with Gasteiger partial charge in [0, 0.05) is 25.2 Å². The molecule has 1 aliphatic rings. The number of aromatic nitrogens is 4. The van der Waals surface area contributed by atoms with Gasteiger partial charge in [0.2, 0.25) is 0 Å². The van der Waals surface area contributed by atoms with Crippen LogP contribution < -0.4 is 4.74 Å². The highest BCUT2D eigenvalue weighted by atomic mass is 16.5. The zero-order valence-corrected chi connectivity index (χ0v) is 16.3. The van der Waals surface area contributed by atoms with Gasteiger partial charge in [-0.2, -0.15) is 5.10 Å². The third kappa shape index (κ3) is 3.04. The Bertz CT molecular complexity index is 1240. The molecule has 0 fully saturated rings. The topological polar surface area (TPSA) is 71.2 Å². The summed E-state index contributed by atoms with van der Waals surface area (Å²) < 4.78 is 15.1. The van der Waals surface area contributed by atoms with Crippen LogP contribution in [0.15, 0.2) is 48.8 Å². The predicted octanol–water partition coefficient (Wildman–Crippen LogP) is 3.15. The largest absolute Gasteiger partial charge is 0.488 e. The normalized spacial score (nSPS) is 12.3. The van der Waals surface area contributed by atoms with Crippen molar-refractivity contribution >= 4 is 17.0 Å². The molecule has 7 nitrogen and oxygen atoms in total. The van der Waals surface area contributed by atoms with E-state index in [4.69, 9.17) is 9.47 Å². The molecule has 0 atom stereocenters. The van der Waals surface area contributed by atoms with E-state index in [1.807, 2.05) is 61.1 Å². The number of rotatable bonds is 4. The number of esters is 1. The molecule has 3 heterocycles. The van der Waals surface area contributed by atoms with Crippen molar-refractivity contribution in [2.75, 3.05) is 0 Å². The average molecular weight is 388 g/mol. The molecule has 0 amide bonds. The number of para-hydroxylation sites is 1. The van der Waals surface area contributed by atoms with E-state index in [1.54, 1.807) is 11.0 Å². The van der Waals surface area contributed by atoms with E-state index in [2.05, 4.69) is 10.1 Å². The molecule has 0 unspecified atom stereocenters. The van der Waals surface area contributed by atoms with Gasteiger partial charge in [0.1, 0.15) is 24.7 Å². The van der Waals surface area contributed by atoms with E-state index >= 15 is 0 Å². The average Bonchev–Trinajstić information content (AvgIpc) is 3.26. The van der Waals surface area contributed by atoms with Crippen LogP contribution >= 0.6 is 0 Å². The summed E-state index contributed by atoms with van der Waals surface area (Å²) in [5, 5.41) is 4.62. The lowest BCUT2D eigenvalue weighted by Gasteiger charge is -2.17. The van der Waals surface area contributed by atoms with Crippen molar-refractivity contribution in [1.82, 2.24) is 19.3 Å². The summed E-state index contributed by atoms with van der Waals surface area (Å²) >= 11 is 0. The number of fused-ring (bicyclic) bond motifs is 4. The van der Waals surface area contributed by atoms with E-state index in [0.717, 1.165) is 44.9 Å². The minimum Gasteiger partial charge on any atom is -0.488 e. The number of benzene rings is 2. The van der Waals surface area contributed by atoms with E-state index in [-0.39, 0.29) is 19.0 Å². The minimum absolute atomic E-state index is 0.149. The quantitative estimate of drug-likeness (QED) is 0.502. The highest BCUT2D eigenvalue weighted by molar-refractivity contribution is 5.78. The Labute approximate surface area is 167 Å². The second-order valence-electron chi connectivity index (χ2n) is 7.20.